The largest absolute Gasteiger partial charge is 0.312 e. The van der Waals surface area contributed by atoms with Crippen LogP contribution in [-0.4, -0.2) is 17.1 Å². The van der Waals surface area contributed by atoms with Crippen molar-refractivity contribution in [1.82, 2.24) is 10.3 Å². The lowest BCUT2D eigenvalue weighted by molar-refractivity contribution is 0.222. The standard InChI is InChI=1S/C17H25BrN2/c1-16(2,3)20-11-17(7-13-5-14(13)8-17)6-12-4-15(18)10-19-9-12/h4,9-10,13-14,20H,5-8,11H2,1-3H3. The molecular weight excluding hydrogens is 312 g/mol. The van der Waals surface area contributed by atoms with Gasteiger partial charge in [-0.1, -0.05) is 0 Å². The van der Waals surface area contributed by atoms with Crippen molar-refractivity contribution in [2.24, 2.45) is 17.3 Å². The SMILES string of the molecule is CC(C)(C)NCC1(Cc2cncc(Br)c2)CC2CC2C1. The van der Waals surface area contributed by atoms with Crippen LogP contribution >= 0.6 is 15.9 Å². The molecule has 0 bridgehead atoms. The van der Waals surface area contributed by atoms with Crippen molar-refractivity contribution in [3.8, 4) is 0 Å². The highest BCUT2D eigenvalue weighted by atomic mass is 79.9. The molecule has 2 saturated carbocycles. The molecule has 3 rings (SSSR count). The molecule has 0 radical (unpaired) electrons. The van der Waals surface area contributed by atoms with Crippen molar-refractivity contribution in [3.05, 3.63) is 28.5 Å². The Balaban J connectivity index is 1.73. The number of rotatable bonds is 4. The lowest BCUT2D eigenvalue weighted by Gasteiger charge is -2.35. The van der Waals surface area contributed by atoms with Gasteiger partial charge in [0.05, 0.1) is 0 Å². The van der Waals surface area contributed by atoms with E-state index in [2.05, 4.69) is 53.1 Å². The molecule has 0 amide bonds. The van der Waals surface area contributed by atoms with Crippen molar-refractivity contribution >= 4 is 15.9 Å². The third kappa shape index (κ3) is 3.43. The molecular formula is C17H25BrN2. The van der Waals surface area contributed by atoms with E-state index in [1.54, 1.807) is 0 Å². The van der Waals surface area contributed by atoms with Crippen molar-refractivity contribution in [2.45, 2.75) is 52.0 Å². The van der Waals surface area contributed by atoms with Crippen molar-refractivity contribution < 1.29 is 0 Å². The maximum Gasteiger partial charge on any atom is 0.0410 e. The summed E-state index contributed by atoms with van der Waals surface area (Å²) in [5.41, 5.74) is 2.02. The van der Waals surface area contributed by atoms with Crippen LogP contribution in [0.15, 0.2) is 22.9 Å². The summed E-state index contributed by atoms with van der Waals surface area (Å²) in [5.74, 6) is 2.02. The van der Waals surface area contributed by atoms with Gasteiger partial charge in [-0.15, -0.1) is 0 Å². The summed E-state index contributed by atoms with van der Waals surface area (Å²) in [6.45, 7) is 7.92. The number of halogens is 1. The average molecular weight is 337 g/mol. The first-order chi connectivity index (χ1) is 9.35. The molecule has 2 aliphatic carbocycles. The first kappa shape index (κ1) is 14.5. The van der Waals surface area contributed by atoms with Gasteiger partial charge < -0.3 is 5.32 Å². The summed E-state index contributed by atoms with van der Waals surface area (Å²) >= 11 is 3.54. The van der Waals surface area contributed by atoms with Gasteiger partial charge in [-0.3, -0.25) is 4.98 Å². The Bertz CT molecular complexity index is 482. The number of nitrogens with zero attached hydrogens (tertiary/aromatic N) is 1. The summed E-state index contributed by atoms with van der Waals surface area (Å²) in [6.07, 6.45) is 9.34. The van der Waals surface area contributed by atoms with Gasteiger partial charge in [0.15, 0.2) is 0 Å². The van der Waals surface area contributed by atoms with E-state index >= 15 is 0 Å². The van der Waals surface area contributed by atoms with Crippen LogP contribution in [0.4, 0.5) is 0 Å². The molecule has 0 saturated heterocycles. The molecule has 2 fully saturated rings. The van der Waals surface area contributed by atoms with E-state index < -0.39 is 0 Å². The minimum atomic E-state index is 0.204. The second-order valence-electron chi connectivity index (χ2n) is 7.96. The van der Waals surface area contributed by atoms with Crippen LogP contribution < -0.4 is 5.32 Å². The van der Waals surface area contributed by atoms with Crippen LogP contribution in [0.25, 0.3) is 0 Å². The number of hydrogen-bond acceptors (Lipinski definition) is 2. The predicted molar refractivity (Wildman–Crippen MR) is 86.7 cm³/mol. The highest BCUT2D eigenvalue weighted by Crippen LogP contribution is 2.60. The molecule has 2 aliphatic rings. The molecule has 1 aromatic heterocycles. The summed E-state index contributed by atoms with van der Waals surface area (Å²) in [6, 6.07) is 2.23. The van der Waals surface area contributed by atoms with E-state index in [1.165, 1.54) is 24.8 Å². The number of hydrogen-bond donors (Lipinski definition) is 1. The van der Waals surface area contributed by atoms with E-state index in [-0.39, 0.29) is 5.54 Å². The van der Waals surface area contributed by atoms with Crippen LogP contribution in [0.1, 0.15) is 45.6 Å². The normalized spacial score (nSPS) is 32.2. The van der Waals surface area contributed by atoms with Gasteiger partial charge in [-0.2, -0.15) is 0 Å². The van der Waals surface area contributed by atoms with E-state index in [0.717, 1.165) is 29.3 Å². The molecule has 1 N–H and O–H groups in total. The summed E-state index contributed by atoms with van der Waals surface area (Å²) < 4.78 is 1.09. The lowest BCUT2D eigenvalue weighted by atomic mass is 9.77. The van der Waals surface area contributed by atoms with E-state index in [9.17, 15) is 0 Å². The van der Waals surface area contributed by atoms with E-state index in [1.807, 2.05) is 12.4 Å². The fourth-order valence-electron chi connectivity index (χ4n) is 3.80. The number of pyridine rings is 1. The zero-order valence-electron chi connectivity index (χ0n) is 12.7. The first-order valence-electron chi connectivity index (χ1n) is 7.70. The monoisotopic (exact) mass is 336 g/mol. The minimum Gasteiger partial charge on any atom is -0.312 e. The van der Waals surface area contributed by atoms with Crippen molar-refractivity contribution in [1.29, 1.82) is 0 Å². The Morgan fingerprint density at radius 3 is 2.60 bits per heavy atom. The van der Waals surface area contributed by atoms with Crippen LogP contribution in [0.5, 0.6) is 0 Å². The highest BCUT2D eigenvalue weighted by molar-refractivity contribution is 9.10. The molecule has 1 heterocycles. The van der Waals surface area contributed by atoms with E-state index in [4.69, 9.17) is 0 Å². The zero-order chi connectivity index (χ0) is 14.4. The molecule has 20 heavy (non-hydrogen) atoms. The third-order valence-corrected chi connectivity index (χ3v) is 5.23. The Labute approximate surface area is 130 Å². The second-order valence-corrected chi connectivity index (χ2v) is 8.87. The second kappa shape index (κ2) is 5.10. The Morgan fingerprint density at radius 1 is 1.30 bits per heavy atom. The maximum atomic E-state index is 4.33. The molecule has 0 aromatic carbocycles. The quantitative estimate of drug-likeness (QED) is 0.891. The average Bonchev–Trinajstić information content (AvgIpc) is 2.95. The molecule has 0 aliphatic heterocycles. The van der Waals surface area contributed by atoms with E-state index in [0.29, 0.717) is 5.41 Å². The maximum absolute atomic E-state index is 4.33. The lowest BCUT2D eigenvalue weighted by Crippen LogP contribution is -2.44. The zero-order valence-corrected chi connectivity index (χ0v) is 14.3. The smallest absolute Gasteiger partial charge is 0.0410 e. The molecule has 110 valence electrons. The van der Waals surface area contributed by atoms with Gasteiger partial charge in [-0.25, -0.2) is 0 Å². The molecule has 2 atom stereocenters. The van der Waals surface area contributed by atoms with Crippen LogP contribution in [0, 0.1) is 17.3 Å². The third-order valence-electron chi connectivity index (χ3n) is 4.79. The Hall–Kier alpha value is -0.410. The predicted octanol–water partition coefficient (Wildman–Crippen LogP) is 4.19. The highest BCUT2D eigenvalue weighted by Gasteiger charge is 2.53. The van der Waals surface area contributed by atoms with Crippen LogP contribution in [0.2, 0.25) is 0 Å². The Morgan fingerprint density at radius 2 is 2.00 bits per heavy atom. The molecule has 2 nitrogen and oxygen atoms in total. The molecule has 2 unspecified atom stereocenters. The fraction of sp³-hybridized carbons (Fsp3) is 0.706. The fourth-order valence-corrected chi connectivity index (χ4v) is 4.21. The topological polar surface area (TPSA) is 24.9 Å². The summed E-state index contributed by atoms with van der Waals surface area (Å²) in [7, 11) is 0. The first-order valence-corrected chi connectivity index (χ1v) is 8.49. The summed E-state index contributed by atoms with van der Waals surface area (Å²) in [5, 5.41) is 3.75. The Kier molecular flexibility index (Phi) is 3.70. The molecule has 3 heteroatoms. The van der Waals surface area contributed by atoms with Gasteiger partial charge >= 0.3 is 0 Å². The number of nitrogens with one attached hydrogen (secondary N) is 1. The van der Waals surface area contributed by atoms with Crippen LogP contribution in [-0.2, 0) is 6.42 Å². The van der Waals surface area contributed by atoms with Gasteiger partial charge in [-0.05, 0) is 91.3 Å². The van der Waals surface area contributed by atoms with Gasteiger partial charge in [0.25, 0.3) is 0 Å². The van der Waals surface area contributed by atoms with Crippen molar-refractivity contribution in [2.75, 3.05) is 6.54 Å². The number of aromatic nitrogens is 1. The molecule has 0 spiro atoms. The van der Waals surface area contributed by atoms with Crippen LogP contribution in [0.3, 0.4) is 0 Å². The minimum absolute atomic E-state index is 0.204. The van der Waals surface area contributed by atoms with Crippen molar-refractivity contribution in [3.63, 3.8) is 0 Å². The molecule has 1 aromatic rings. The van der Waals surface area contributed by atoms with Gasteiger partial charge in [0, 0.05) is 29.0 Å². The van der Waals surface area contributed by atoms with Gasteiger partial charge in [0.1, 0.15) is 0 Å². The number of fused-ring (bicyclic) bond motifs is 1. The summed E-state index contributed by atoms with van der Waals surface area (Å²) in [4.78, 5) is 4.33. The van der Waals surface area contributed by atoms with Gasteiger partial charge in [0.2, 0.25) is 0 Å².